The number of halogens is 1. The van der Waals surface area contributed by atoms with E-state index in [4.69, 9.17) is 30.5 Å². The average Bonchev–Trinajstić information content (AvgIpc) is 2.59. The van der Waals surface area contributed by atoms with E-state index in [1.165, 1.54) is 6.92 Å². The Hall–Kier alpha value is -2.47. The highest BCUT2D eigenvalue weighted by Crippen LogP contribution is 2.52. The van der Waals surface area contributed by atoms with Crippen molar-refractivity contribution in [3.8, 4) is 23.0 Å². The summed E-state index contributed by atoms with van der Waals surface area (Å²) in [5, 5.41) is 1.43. The molecule has 0 aliphatic carbocycles. The third-order valence-electron chi connectivity index (χ3n) is 3.72. The number of hydrogen-bond donors (Lipinski definition) is 0. The van der Waals surface area contributed by atoms with Crippen LogP contribution in [0.5, 0.6) is 23.0 Å². The number of rotatable bonds is 6. The van der Waals surface area contributed by atoms with Gasteiger partial charge in [0.1, 0.15) is 0 Å². The SMILES string of the molecule is CCOc1c(OCC)c(OC(=O)C(C)(C)C)c2ccc(Cl)cc2c1OC(C)=O. The quantitative estimate of drug-likeness (QED) is 0.485. The maximum absolute atomic E-state index is 12.6. The molecular formula is C21H25ClO6. The summed E-state index contributed by atoms with van der Waals surface area (Å²) in [6.45, 7) is 10.7. The van der Waals surface area contributed by atoms with Crippen LogP contribution in [0.4, 0.5) is 0 Å². The van der Waals surface area contributed by atoms with Crippen LogP contribution < -0.4 is 18.9 Å². The van der Waals surface area contributed by atoms with E-state index in [2.05, 4.69) is 0 Å². The lowest BCUT2D eigenvalue weighted by Gasteiger charge is -2.23. The van der Waals surface area contributed by atoms with Gasteiger partial charge >= 0.3 is 11.9 Å². The predicted molar refractivity (Wildman–Crippen MR) is 108 cm³/mol. The maximum Gasteiger partial charge on any atom is 0.316 e. The Labute approximate surface area is 169 Å². The molecule has 0 aliphatic heterocycles. The van der Waals surface area contributed by atoms with Gasteiger partial charge in [-0.2, -0.15) is 0 Å². The van der Waals surface area contributed by atoms with E-state index in [0.717, 1.165) is 0 Å². The van der Waals surface area contributed by atoms with Crippen molar-refractivity contribution in [2.75, 3.05) is 13.2 Å². The first kappa shape index (κ1) is 21.8. The molecule has 0 bridgehead atoms. The molecule has 0 saturated carbocycles. The molecule has 0 unspecified atom stereocenters. The molecule has 0 N–H and O–H groups in total. The third kappa shape index (κ3) is 4.68. The van der Waals surface area contributed by atoms with Gasteiger partial charge in [-0.3, -0.25) is 9.59 Å². The minimum atomic E-state index is -0.734. The Morgan fingerprint density at radius 3 is 1.89 bits per heavy atom. The van der Waals surface area contributed by atoms with E-state index >= 15 is 0 Å². The molecule has 152 valence electrons. The van der Waals surface area contributed by atoms with Gasteiger partial charge in [0.25, 0.3) is 0 Å². The highest BCUT2D eigenvalue weighted by Gasteiger charge is 2.30. The highest BCUT2D eigenvalue weighted by molar-refractivity contribution is 6.31. The van der Waals surface area contributed by atoms with Gasteiger partial charge in [0.2, 0.25) is 11.5 Å². The number of carbonyl (C=O) groups is 2. The number of esters is 2. The van der Waals surface area contributed by atoms with Crippen molar-refractivity contribution in [1.82, 2.24) is 0 Å². The smallest absolute Gasteiger partial charge is 0.316 e. The molecule has 6 nitrogen and oxygen atoms in total. The van der Waals surface area contributed by atoms with Gasteiger partial charge in [-0.05, 0) is 52.8 Å². The summed E-state index contributed by atoms with van der Waals surface area (Å²) < 4.78 is 22.7. The van der Waals surface area contributed by atoms with E-state index in [-0.39, 0.29) is 29.6 Å². The van der Waals surface area contributed by atoms with Crippen molar-refractivity contribution in [3.63, 3.8) is 0 Å². The Morgan fingerprint density at radius 2 is 1.43 bits per heavy atom. The van der Waals surface area contributed by atoms with Crippen LogP contribution >= 0.6 is 11.6 Å². The van der Waals surface area contributed by atoms with Gasteiger partial charge in [-0.1, -0.05) is 11.6 Å². The van der Waals surface area contributed by atoms with Gasteiger partial charge in [0.05, 0.1) is 18.6 Å². The van der Waals surface area contributed by atoms with Gasteiger partial charge in [0.15, 0.2) is 11.5 Å². The number of benzene rings is 2. The van der Waals surface area contributed by atoms with Gasteiger partial charge in [-0.15, -0.1) is 0 Å². The largest absolute Gasteiger partial charge is 0.487 e. The van der Waals surface area contributed by atoms with Crippen LogP contribution in [-0.2, 0) is 9.59 Å². The molecule has 0 atom stereocenters. The first-order valence-corrected chi connectivity index (χ1v) is 9.43. The van der Waals surface area contributed by atoms with Crippen LogP contribution in [0.3, 0.4) is 0 Å². The Kier molecular flexibility index (Phi) is 6.77. The van der Waals surface area contributed by atoms with Gasteiger partial charge < -0.3 is 18.9 Å². The monoisotopic (exact) mass is 408 g/mol. The first-order chi connectivity index (χ1) is 13.1. The predicted octanol–water partition coefficient (Wildman–Crippen LogP) is 5.17. The molecule has 2 rings (SSSR count). The van der Waals surface area contributed by atoms with Crippen molar-refractivity contribution in [2.24, 2.45) is 5.41 Å². The van der Waals surface area contributed by atoms with Crippen LogP contribution in [0, 0.1) is 5.41 Å². The fourth-order valence-electron chi connectivity index (χ4n) is 2.50. The molecule has 0 fully saturated rings. The molecule has 2 aromatic carbocycles. The topological polar surface area (TPSA) is 71.1 Å². The van der Waals surface area contributed by atoms with E-state index in [1.807, 2.05) is 0 Å². The molecule has 7 heteroatoms. The minimum absolute atomic E-state index is 0.172. The molecule has 0 radical (unpaired) electrons. The average molecular weight is 409 g/mol. The van der Waals surface area contributed by atoms with Crippen LogP contribution in [0.1, 0.15) is 41.5 Å². The molecule has 0 aliphatic rings. The van der Waals surface area contributed by atoms with Crippen LogP contribution in [0.15, 0.2) is 18.2 Å². The normalized spacial score (nSPS) is 11.2. The summed E-state index contributed by atoms with van der Waals surface area (Å²) in [5.74, 6) is -0.200. The Morgan fingerprint density at radius 1 is 0.893 bits per heavy atom. The Bertz CT molecular complexity index is 898. The number of fused-ring (bicyclic) bond motifs is 1. The number of carbonyl (C=O) groups excluding carboxylic acids is 2. The molecule has 0 aromatic heterocycles. The van der Waals surface area contributed by atoms with Crippen LogP contribution in [0.2, 0.25) is 5.02 Å². The summed E-state index contributed by atoms with van der Waals surface area (Å²) in [6, 6.07) is 4.97. The summed E-state index contributed by atoms with van der Waals surface area (Å²) in [4.78, 5) is 24.3. The highest BCUT2D eigenvalue weighted by atomic mass is 35.5. The molecule has 0 saturated heterocycles. The molecular weight excluding hydrogens is 384 g/mol. The fraction of sp³-hybridized carbons (Fsp3) is 0.429. The fourth-order valence-corrected chi connectivity index (χ4v) is 2.67. The van der Waals surface area contributed by atoms with Crippen LogP contribution in [0.25, 0.3) is 10.8 Å². The zero-order chi connectivity index (χ0) is 21.1. The lowest BCUT2D eigenvalue weighted by atomic mass is 9.97. The van der Waals surface area contributed by atoms with Crippen molar-refractivity contribution in [2.45, 2.75) is 41.5 Å². The van der Waals surface area contributed by atoms with E-state index in [0.29, 0.717) is 22.4 Å². The lowest BCUT2D eigenvalue weighted by Crippen LogP contribution is -2.26. The van der Waals surface area contributed by atoms with Crippen molar-refractivity contribution >= 4 is 34.3 Å². The second-order valence-electron chi connectivity index (χ2n) is 7.11. The van der Waals surface area contributed by atoms with Gasteiger partial charge in [-0.25, -0.2) is 0 Å². The summed E-state index contributed by atoms with van der Waals surface area (Å²) in [6.07, 6.45) is 0. The zero-order valence-electron chi connectivity index (χ0n) is 17.0. The first-order valence-electron chi connectivity index (χ1n) is 9.05. The molecule has 2 aromatic rings. The molecule has 0 amide bonds. The molecule has 28 heavy (non-hydrogen) atoms. The van der Waals surface area contributed by atoms with E-state index < -0.39 is 17.4 Å². The zero-order valence-corrected chi connectivity index (χ0v) is 17.7. The standard InChI is InChI=1S/C21H25ClO6/c1-7-25-18-16(28-20(24)21(4,5)6)14-10-9-13(22)11-15(14)17(27-12(3)23)19(18)26-8-2/h9-11H,7-8H2,1-6H3. The van der Waals surface area contributed by atoms with Crippen molar-refractivity contribution < 1.29 is 28.5 Å². The number of ether oxygens (including phenoxy) is 4. The molecule has 0 spiro atoms. The minimum Gasteiger partial charge on any atom is -0.487 e. The summed E-state index contributed by atoms with van der Waals surface area (Å²) in [7, 11) is 0. The van der Waals surface area contributed by atoms with Gasteiger partial charge in [0, 0.05) is 22.7 Å². The van der Waals surface area contributed by atoms with Crippen LogP contribution in [-0.4, -0.2) is 25.2 Å². The summed E-state index contributed by atoms with van der Waals surface area (Å²) >= 11 is 6.17. The summed E-state index contributed by atoms with van der Waals surface area (Å²) in [5.41, 5.74) is -0.734. The Balaban J connectivity index is 2.90. The number of hydrogen-bond acceptors (Lipinski definition) is 6. The lowest BCUT2D eigenvalue weighted by molar-refractivity contribution is -0.143. The maximum atomic E-state index is 12.6. The van der Waals surface area contributed by atoms with E-state index in [1.54, 1.807) is 52.8 Å². The second-order valence-corrected chi connectivity index (χ2v) is 7.54. The second kappa shape index (κ2) is 8.69. The third-order valence-corrected chi connectivity index (χ3v) is 3.95. The van der Waals surface area contributed by atoms with E-state index in [9.17, 15) is 9.59 Å². The van der Waals surface area contributed by atoms with Crippen molar-refractivity contribution in [3.05, 3.63) is 23.2 Å². The molecule has 0 heterocycles. The van der Waals surface area contributed by atoms with Crippen molar-refractivity contribution in [1.29, 1.82) is 0 Å².